The number of anilines is 2. The Labute approximate surface area is 170 Å². The summed E-state index contributed by atoms with van der Waals surface area (Å²) in [4.78, 5) is 23.9. The van der Waals surface area contributed by atoms with E-state index in [2.05, 4.69) is 15.3 Å². The number of nitrogens with zero attached hydrogens (tertiary/aromatic N) is 3. The van der Waals surface area contributed by atoms with Crippen LogP contribution in [0.5, 0.6) is 0 Å². The molecule has 1 amide bonds. The Balaban J connectivity index is 1.85. The fourth-order valence-corrected chi connectivity index (χ4v) is 3.97. The summed E-state index contributed by atoms with van der Waals surface area (Å²) in [6.07, 6.45) is 0. The van der Waals surface area contributed by atoms with Gasteiger partial charge in [-0.05, 0) is 52.0 Å². The summed E-state index contributed by atoms with van der Waals surface area (Å²) in [5, 5.41) is 4.92. The number of amides is 1. The minimum Gasteiger partial charge on any atom is -0.340 e. The van der Waals surface area contributed by atoms with E-state index in [9.17, 15) is 4.79 Å². The molecule has 0 atom stereocenters. The van der Waals surface area contributed by atoms with E-state index in [-0.39, 0.29) is 18.0 Å². The molecule has 5 nitrogen and oxygen atoms in total. The zero-order valence-electron chi connectivity index (χ0n) is 16.7. The minimum atomic E-state index is 0.101. The average molecular weight is 395 g/mol. The molecule has 0 aliphatic rings. The highest BCUT2D eigenvalue weighted by Gasteiger charge is 2.20. The Bertz CT molecular complexity index is 936. The monoisotopic (exact) mass is 394 g/mol. The Morgan fingerprint density at radius 2 is 1.61 bits per heavy atom. The summed E-state index contributed by atoms with van der Waals surface area (Å²) in [6.45, 7) is 8.15. The van der Waals surface area contributed by atoms with Crippen molar-refractivity contribution >= 4 is 40.1 Å². The lowest BCUT2D eigenvalue weighted by atomic mass is 10.2. The van der Waals surface area contributed by atoms with E-state index in [1.807, 2.05) is 87.2 Å². The van der Waals surface area contributed by atoms with Gasteiger partial charge < -0.3 is 10.2 Å². The van der Waals surface area contributed by atoms with Crippen molar-refractivity contribution < 1.29 is 4.79 Å². The number of para-hydroxylation sites is 2. The van der Waals surface area contributed by atoms with Crippen LogP contribution in [-0.2, 0) is 4.79 Å². The highest BCUT2D eigenvalue weighted by molar-refractivity contribution is 7.99. The number of nitrogens with one attached hydrogen (secondary N) is 1. The third kappa shape index (κ3) is 4.81. The van der Waals surface area contributed by atoms with Gasteiger partial charge in [0, 0.05) is 23.2 Å². The van der Waals surface area contributed by atoms with Crippen molar-refractivity contribution in [2.75, 3.05) is 11.1 Å². The second-order valence-corrected chi connectivity index (χ2v) is 8.08. The van der Waals surface area contributed by atoms with Crippen molar-refractivity contribution in [1.82, 2.24) is 14.9 Å². The summed E-state index contributed by atoms with van der Waals surface area (Å²) < 4.78 is 0. The highest BCUT2D eigenvalue weighted by Crippen LogP contribution is 2.27. The minimum absolute atomic E-state index is 0.101. The lowest BCUT2D eigenvalue weighted by Gasteiger charge is -2.30. The fourth-order valence-electron chi connectivity index (χ4n) is 3.25. The van der Waals surface area contributed by atoms with E-state index >= 15 is 0 Å². The molecule has 0 bridgehead atoms. The van der Waals surface area contributed by atoms with E-state index in [1.54, 1.807) is 0 Å². The van der Waals surface area contributed by atoms with Crippen molar-refractivity contribution in [2.24, 2.45) is 0 Å². The molecule has 1 heterocycles. The first-order valence-corrected chi connectivity index (χ1v) is 10.5. The number of thioether (sulfide) groups is 1. The molecule has 0 spiro atoms. The van der Waals surface area contributed by atoms with Gasteiger partial charge in [0.15, 0.2) is 5.16 Å². The second kappa shape index (κ2) is 9.06. The number of carbonyl (C=O) groups excluding carboxylic acids is 1. The summed E-state index contributed by atoms with van der Waals surface area (Å²) in [6, 6.07) is 18.2. The summed E-state index contributed by atoms with van der Waals surface area (Å²) in [7, 11) is 0. The molecule has 2 aromatic carbocycles. The van der Waals surface area contributed by atoms with Crippen LogP contribution in [0.3, 0.4) is 0 Å². The Morgan fingerprint density at radius 3 is 2.29 bits per heavy atom. The van der Waals surface area contributed by atoms with Gasteiger partial charge in [-0.15, -0.1) is 0 Å². The maximum atomic E-state index is 12.7. The van der Waals surface area contributed by atoms with Gasteiger partial charge in [-0.1, -0.05) is 42.1 Å². The predicted molar refractivity (Wildman–Crippen MR) is 117 cm³/mol. The third-order valence-corrected chi connectivity index (χ3v) is 5.18. The quantitative estimate of drug-likeness (QED) is 0.446. The maximum absolute atomic E-state index is 12.7. The zero-order chi connectivity index (χ0) is 20.1. The normalized spacial score (nSPS) is 11.2. The SMILES string of the molecule is CC(C)N(C(=O)CSc1nc(Nc2ccccc2)c2ccccc2n1)C(C)C. The number of benzene rings is 2. The number of hydrogen-bond acceptors (Lipinski definition) is 5. The molecular weight excluding hydrogens is 368 g/mol. The van der Waals surface area contributed by atoms with E-state index in [0.29, 0.717) is 10.9 Å². The second-order valence-electron chi connectivity index (χ2n) is 7.14. The van der Waals surface area contributed by atoms with Gasteiger partial charge in [-0.2, -0.15) is 0 Å². The van der Waals surface area contributed by atoms with E-state index < -0.39 is 0 Å². The first kappa shape index (κ1) is 20.1. The van der Waals surface area contributed by atoms with Gasteiger partial charge in [0.1, 0.15) is 5.82 Å². The molecule has 1 N–H and O–H groups in total. The fraction of sp³-hybridized carbons (Fsp3) is 0.318. The molecule has 0 unspecified atom stereocenters. The molecule has 0 aliphatic carbocycles. The van der Waals surface area contributed by atoms with Crippen LogP contribution in [0, 0.1) is 0 Å². The van der Waals surface area contributed by atoms with E-state index in [0.717, 1.165) is 22.4 Å². The van der Waals surface area contributed by atoms with Gasteiger partial charge in [-0.3, -0.25) is 4.79 Å². The molecule has 0 fully saturated rings. The molecule has 146 valence electrons. The molecule has 0 saturated heterocycles. The first-order valence-electron chi connectivity index (χ1n) is 9.48. The third-order valence-electron chi connectivity index (χ3n) is 4.34. The molecule has 0 saturated carbocycles. The van der Waals surface area contributed by atoms with E-state index in [1.165, 1.54) is 11.8 Å². The first-order chi connectivity index (χ1) is 13.5. The lowest BCUT2D eigenvalue weighted by molar-refractivity contribution is -0.131. The van der Waals surface area contributed by atoms with Gasteiger partial charge in [0.05, 0.1) is 11.3 Å². The smallest absolute Gasteiger partial charge is 0.233 e. The number of carbonyl (C=O) groups is 1. The lowest BCUT2D eigenvalue weighted by Crippen LogP contribution is -2.43. The molecule has 6 heteroatoms. The molecule has 0 radical (unpaired) electrons. The topological polar surface area (TPSA) is 58.1 Å². The van der Waals surface area contributed by atoms with Crippen LogP contribution in [-0.4, -0.2) is 38.6 Å². The number of aromatic nitrogens is 2. The van der Waals surface area contributed by atoms with Gasteiger partial charge >= 0.3 is 0 Å². The molecule has 28 heavy (non-hydrogen) atoms. The molecular formula is C22H26N4OS. The van der Waals surface area contributed by atoms with Crippen molar-refractivity contribution in [3.05, 3.63) is 54.6 Å². The average Bonchev–Trinajstić information content (AvgIpc) is 2.66. The van der Waals surface area contributed by atoms with Crippen molar-refractivity contribution in [1.29, 1.82) is 0 Å². The Hall–Kier alpha value is -2.60. The number of fused-ring (bicyclic) bond motifs is 1. The van der Waals surface area contributed by atoms with Crippen LogP contribution in [0.1, 0.15) is 27.7 Å². The van der Waals surface area contributed by atoms with Gasteiger partial charge in [0.2, 0.25) is 5.91 Å². The molecule has 1 aromatic heterocycles. The molecule has 3 aromatic rings. The highest BCUT2D eigenvalue weighted by atomic mass is 32.2. The van der Waals surface area contributed by atoms with Crippen molar-refractivity contribution in [2.45, 2.75) is 44.9 Å². The zero-order valence-corrected chi connectivity index (χ0v) is 17.5. The number of hydrogen-bond donors (Lipinski definition) is 1. The van der Waals surface area contributed by atoms with Crippen LogP contribution in [0.4, 0.5) is 11.5 Å². The predicted octanol–water partition coefficient (Wildman–Crippen LogP) is 5.11. The molecule has 3 rings (SSSR count). The number of rotatable bonds is 7. The van der Waals surface area contributed by atoms with Crippen LogP contribution in [0.25, 0.3) is 10.9 Å². The maximum Gasteiger partial charge on any atom is 0.233 e. The summed E-state index contributed by atoms with van der Waals surface area (Å²) >= 11 is 1.38. The summed E-state index contributed by atoms with van der Waals surface area (Å²) in [5.74, 6) is 1.17. The van der Waals surface area contributed by atoms with Crippen LogP contribution in [0.2, 0.25) is 0 Å². The Morgan fingerprint density at radius 1 is 0.964 bits per heavy atom. The van der Waals surface area contributed by atoms with E-state index in [4.69, 9.17) is 0 Å². The Kier molecular flexibility index (Phi) is 6.52. The van der Waals surface area contributed by atoms with Gasteiger partial charge in [0.25, 0.3) is 0 Å². The van der Waals surface area contributed by atoms with Crippen LogP contribution < -0.4 is 5.32 Å². The van der Waals surface area contributed by atoms with Crippen LogP contribution in [0.15, 0.2) is 59.8 Å². The molecule has 0 aliphatic heterocycles. The van der Waals surface area contributed by atoms with Crippen LogP contribution >= 0.6 is 11.8 Å². The standard InChI is InChI=1S/C22H26N4OS/c1-15(2)26(16(3)4)20(27)14-28-22-24-19-13-9-8-12-18(19)21(25-22)23-17-10-6-5-7-11-17/h5-13,15-16H,14H2,1-4H3,(H,23,24,25). The van der Waals surface area contributed by atoms with Crippen molar-refractivity contribution in [3.8, 4) is 0 Å². The van der Waals surface area contributed by atoms with Gasteiger partial charge in [-0.25, -0.2) is 9.97 Å². The summed E-state index contributed by atoms with van der Waals surface area (Å²) in [5.41, 5.74) is 1.82. The van der Waals surface area contributed by atoms with Crippen molar-refractivity contribution in [3.63, 3.8) is 0 Å². The largest absolute Gasteiger partial charge is 0.340 e.